The summed E-state index contributed by atoms with van der Waals surface area (Å²) in [6, 6.07) is 13.6. The number of hydrogen-bond acceptors (Lipinski definition) is 4. The van der Waals surface area contributed by atoms with Crippen molar-refractivity contribution in [1.82, 2.24) is 10.2 Å². The van der Waals surface area contributed by atoms with E-state index >= 15 is 0 Å². The van der Waals surface area contributed by atoms with Gasteiger partial charge in [-0.05, 0) is 36.8 Å². The van der Waals surface area contributed by atoms with Gasteiger partial charge in [-0.3, -0.25) is 4.99 Å². The monoisotopic (exact) mass is 389 g/mol. The minimum absolute atomic E-state index is 0.202. The van der Waals surface area contributed by atoms with Crippen molar-refractivity contribution in [2.24, 2.45) is 4.99 Å². The Labute approximate surface area is 165 Å². The van der Waals surface area contributed by atoms with Crippen molar-refractivity contribution in [2.45, 2.75) is 13.0 Å². The molecule has 0 aromatic heterocycles. The Bertz CT molecular complexity index is 770. The molecular weight excluding hydrogens is 361 g/mol. The fourth-order valence-electron chi connectivity index (χ4n) is 2.56. The summed E-state index contributed by atoms with van der Waals surface area (Å²) in [5, 5.41) is 13.6. The molecule has 1 atom stereocenters. The van der Waals surface area contributed by atoms with Crippen molar-refractivity contribution in [1.29, 1.82) is 0 Å². The van der Waals surface area contributed by atoms with Crippen LogP contribution in [0.4, 0.5) is 4.39 Å². The molecule has 0 amide bonds. The van der Waals surface area contributed by atoms with Gasteiger partial charge in [0.05, 0.1) is 26.3 Å². The molecule has 0 bridgehead atoms. The fraction of sp³-hybridized carbons (Fsp3) is 0.381. The first-order valence-corrected chi connectivity index (χ1v) is 9.24. The second-order valence-electron chi connectivity index (χ2n) is 6.19. The molecule has 2 rings (SSSR count). The average Bonchev–Trinajstić information content (AvgIpc) is 2.72. The fourth-order valence-corrected chi connectivity index (χ4v) is 2.56. The predicted octanol–water partition coefficient (Wildman–Crippen LogP) is 2.84. The van der Waals surface area contributed by atoms with Gasteiger partial charge in [-0.15, -0.1) is 0 Å². The van der Waals surface area contributed by atoms with Crippen LogP contribution in [0.5, 0.6) is 11.5 Å². The number of hydrogen-bond donors (Lipinski definition) is 2. The Hall–Kier alpha value is -2.80. The zero-order valence-electron chi connectivity index (χ0n) is 16.6. The van der Waals surface area contributed by atoms with Crippen molar-refractivity contribution >= 4 is 5.96 Å². The van der Waals surface area contributed by atoms with Crippen LogP contribution in [0.1, 0.15) is 18.6 Å². The molecular formula is C21H28FN3O3. The molecule has 0 spiro atoms. The highest BCUT2D eigenvalue weighted by molar-refractivity contribution is 5.79. The molecule has 0 aliphatic heterocycles. The van der Waals surface area contributed by atoms with Crippen molar-refractivity contribution in [3.8, 4) is 11.5 Å². The SMILES string of the molecule is CCNC(=NCC(O)c1cccc(OC)c1)N(C)CCOc1ccccc1F. The quantitative estimate of drug-likeness (QED) is 0.510. The van der Waals surface area contributed by atoms with Crippen LogP contribution < -0.4 is 14.8 Å². The third kappa shape index (κ3) is 6.42. The van der Waals surface area contributed by atoms with E-state index in [-0.39, 0.29) is 18.1 Å². The standard InChI is InChI=1S/C21H28FN3O3/c1-4-23-21(24-15-19(26)16-8-7-9-17(14-16)27-3)25(2)12-13-28-20-11-6-5-10-18(20)22/h5-11,14,19,26H,4,12-13,15H2,1-3H3,(H,23,24). The molecule has 2 N–H and O–H groups in total. The lowest BCUT2D eigenvalue weighted by Crippen LogP contribution is -2.41. The lowest BCUT2D eigenvalue weighted by molar-refractivity contribution is 0.186. The Kier molecular flexibility index (Phi) is 8.55. The summed E-state index contributed by atoms with van der Waals surface area (Å²) in [4.78, 5) is 6.38. The minimum Gasteiger partial charge on any atom is -0.497 e. The molecule has 0 radical (unpaired) electrons. The number of guanidine groups is 1. The predicted molar refractivity (Wildman–Crippen MR) is 108 cm³/mol. The molecule has 0 fully saturated rings. The molecule has 0 aliphatic carbocycles. The van der Waals surface area contributed by atoms with E-state index in [1.165, 1.54) is 6.07 Å². The maximum Gasteiger partial charge on any atom is 0.193 e. The number of rotatable bonds is 9. The van der Waals surface area contributed by atoms with E-state index in [9.17, 15) is 9.50 Å². The second kappa shape index (κ2) is 11.1. The van der Waals surface area contributed by atoms with E-state index in [1.807, 2.05) is 37.1 Å². The van der Waals surface area contributed by atoms with Gasteiger partial charge >= 0.3 is 0 Å². The van der Waals surface area contributed by atoms with E-state index in [0.29, 0.717) is 31.4 Å². The van der Waals surface area contributed by atoms with Gasteiger partial charge in [0.15, 0.2) is 17.5 Å². The van der Waals surface area contributed by atoms with Crippen molar-refractivity contribution in [2.75, 3.05) is 40.4 Å². The van der Waals surface area contributed by atoms with Gasteiger partial charge in [0.2, 0.25) is 0 Å². The number of aliphatic hydroxyl groups excluding tert-OH is 1. The number of halogens is 1. The van der Waals surface area contributed by atoms with Crippen LogP contribution in [0.2, 0.25) is 0 Å². The number of aliphatic hydroxyl groups is 1. The first kappa shape index (κ1) is 21.5. The number of aliphatic imine (C=N–C) groups is 1. The zero-order chi connectivity index (χ0) is 20.4. The maximum atomic E-state index is 13.6. The molecule has 0 heterocycles. The summed E-state index contributed by atoms with van der Waals surface area (Å²) in [5.74, 6) is 1.18. The van der Waals surface area contributed by atoms with Gasteiger partial charge in [-0.2, -0.15) is 0 Å². The van der Waals surface area contributed by atoms with Crippen LogP contribution in [0, 0.1) is 5.82 Å². The number of benzene rings is 2. The van der Waals surface area contributed by atoms with Crippen molar-refractivity contribution < 1.29 is 19.0 Å². The van der Waals surface area contributed by atoms with Crippen LogP contribution >= 0.6 is 0 Å². The lowest BCUT2D eigenvalue weighted by atomic mass is 10.1. The summed E-state index contributed by atoms with van der Waals surface area (Å²) in [7, 11) is 3.45. The molecule has 152 valence electrons. The Balaban J connectivity index is 1.93. The van der Waals surface area contributed by atoms with Gasteiger partial charge in [-0.1, -0.05) is 24.3 Å². The Morgan fingerprint density at radius 2 is 2.04 bits per heavy atom. The number of nitrogens with zero attached hydrogens (tertiary/aromatic N) is 2. The highest BCUT2D eigenvalue weighted by Gasteiger charge is 2.11. The number of likely N-dealkylation sites (N-methyl/N-ethyl adjacent to an activating group) is 1. The number of ether oxygens (including phenoxy) is 2. The second-order valence-corrected chi connectivity index (χ2v) is 6.19. The van der Waals surface area contributed by atoms with Crippen LogP contribution in [0.25, 0.3) is 0 Å². The van der Waals surface area contributed by atoms with E-state index in [1.54, 1.807) is 31.4 Å². The minimum atomic E-state index is -0.744. The summed E-state index contributed by atoms with van der Waals surface area (Å²) in [6.45, 7) is 3.67. The molecule has 2 aromatic rings. The highest BCUT2D eigenvalue weighted by atomic mass is 19.1. The molecule has 7 heteroatoms. The number of methoxy groups -OCH3 is 1. The third-order valence-electron chi connectivity index (χ3n) is 4.11. The highest BCUT2D eigenvalue weighted by Crippen LogP contribution is 2.19. The summed E-state index contributed by atoms with van der Waals surface area (Å²) in [5.41, 5.74) is 0.740. The topological polar surface area (TPSA) is 66.3 Å². The van der Waals surface area contributed by atoms with E-state index < -0.39 is 6.10 Å². The van der Waals surface area contributed by atoms with Crippen molar-refractivity contribution in [3.63, 3.8) is 0 Å². The largest absolute Gasteiger partial charge is 0.497 e. The summed E-state index contributed by atoms with van der Waals surface area (Å²) in [6.07, 6.45) is -0.744. The van der Waals surface area contributed by atoms with E-state index in [4.69, 9.17) is 9.47 Å². The van der Waals surface area contributed by atoms with Gasteiger partial charge in [0, 0.05) is 13.6 Å². The molecule has 28 heavy (non-hydrogen) atoms. The summed E-state index contributed by atoms with van der Waals surface area (Å²) < 4.78 is 24.3. The molecule has 1 unspecified atom stereocenters. The first-order chi connectivity index (χ1) is 13.5. The Morgan fingerprint density at radius 3 is 2.75 bits per heavy atom. The van der Waals surface area contributed by atoms with Gasteiger partial charge in [-0.25, -0.2) is 4.39 Å². The number of para-hydroxylation sites is 1. The molecule has 0 saturated heterocycles. The Morgan fingerprint density at radius 1 is 1.25 bits per heavy atom. The molecule has 0 aliphatic rings. The van der Waals surface area contributed by atoms with E-state index in [0.717, 1.165) is 5.56 Å². The van der Waals surface area contributed by atoms with E-state index in [2.05, 4.69) is 10.3 Å². The molecule has 6 nitrogen and oxygen atoms in total. The summed E-state index contributed by atoms with van der Waals surface area (Å²) >= 11 is 0. The van der Waals surface area contributed by atoms with Crippen molar-refractivity contribution in [3.05, 3.63) is 59.9 Å². The van der Waals surface area contributed by atoms with Crippen LogP contribution in [-0.2, 0) is 0 Å². The first-order valence-electron chi connectivity index (χ1n) is 9.24. The van der Waals surface area contributed by atoms with Crippen LogP contribution in [-0.4, -0.2) is 56.4 Å². The normalized spacial score (nSPS) is 12.4. The lowest BCUT2D eigenvalue weighted by Gasteiger charge is -2.22. The molecule has 2 aromatic carbocycles. The van der Waals surface area contributed by atoms with Crippen LogP contribution in [0.3, 0.4) is 0 Å². The van der Waals surface area contributed by atoms with Crippen LogP contribution in [0.15, 0.2) is 53.5 Å². The van der Waals surface area contributed by atoms with Gasteiger partial charge in [0.25, 0.3) is 0 Å². The molecule has 0 saturated carbocycles. The maximum absolute atomic E-state index is 13.6. The number of nitrogens with one attached hydrogen (secondary N) is 1. The third-order valence-corrected chi connectivity index (χ3v) is 4.11. The smallest absolute Gasteiger partial charge is 0.193 e. The average molecular weight is 389 g/mol. The van der Waals surface area contributed by atoms with Gasteiger partial charge < -0.3 is 24.8 Å². The van der Waals surface area contributed by atoms with Gasteiger partial charge in [0.1, 0.15) is 12.4 Å². The zero-order valence-corrected chi connectivity index (χ0v) is 16.6.